The highest BCUT2D eigenvalue weighted by atomic mass is 79.9. The molecule has 122 valence electrons. The molecule has 2 N–H and O–H groups in total. The second-order valence-electron chi connectivity index (χ2n) is 5.40. The summed E-state index contributed by atoms with van der Waals surface area (Å²) in [5.41, 5.74) is 1.45. The fourth-order valence-electron chi connectivity index (χ4n) is 2.59. The molecule has 0 saturated heterocycles. The average Bonchev–Trinajstić information content (AvgIpc) is 2.95. The van der Waals surface area contributed by atoms with Crippen LogP contribution in [-0.4, -0.2) is 21.6 Å². The van der Waals surface area contributed by atoms with E-state index >= 15 is 0 Å². The van der Waals surface area contributed by atoms with Crippen molar-refractivity contribution in [2.24, 2.45) is 0 Å². The van der Waals surface area contributed by atoms with Crippen molar-refractivity contribution in [2.75, 3.05) is 0 Å². The number of carbonyl (C=O) groups excluding carboxylic acids is 1. The summed E-state index contributed by atoms with van der Waals surface area (Å²) < 4.78 is 2.71. The number of rotatable bonds is 5. The largest absolute Gasteiger partial charge is 0.479 e. The molecular weight excluding hydrogens is 372 g/mol. The molecule has 2 aromatic carbocycles. The van der Waals surface area contributed by atoms with Crippen molar-refractivity contribution in [1.29, 1.82) is 0 Å². The average molecular weight is 387 g/mol. The number of carbonyl (C=O) groups is 2. The first kappa shape index (κ1) is 16.3. The number of hydrogen-bond acceptors (Lipinski definition) is 2. The molecule has 3 rings (SSSR count). The van der Waals surface area contributed by atoms with E-state index in [-0.39, 0.29) is 12.5 Å². The monoisotopic (exact) mass is 386 g/mol. The van der Waals surface area contributed by atoms with Crippen molar-refractivity contribution in [3.8, 4) is 0 Å². The Bertz CT molecular complexity index is 890. The molecule has 0 aliphatic rings. The summed E-state index contributed by atoms with van der Waals surface area (Å²) in [6.07, 6.45) is 1.81. The lowest BCUT2D eigenvalue weighted by Gasteiger charge is -2.15. The van der Waals surface area contributed by atoms with Gasteiger partial charge in [0.15, 0.2) is 6.04 Å². The first-order valence-electron chi connectivity index (χ1n) is 7.36. The lowest BCUT2D eigenvalue weighted by atomic mass is 10.1. The van der Waals surface area contributed by atoms with E-state index in [1.165, 1.54) is 0 Å². The minimum Gasteiger partial charge on any atom is -0.479 e. The Kier molecular flexibility index (Phi) is 4.66. The number of aromatic nitrogens is 1. The molecular formula is C18H15BrN2O3. The van der Waals surface area contributed by atoms with Gasteiger partial charge < -0.3 is 15.0 Å². The molecule has 0 aliphatic carbocycles. The summed E-state index contributed by atoms with van der Waals surface area (Å²) in [7, 11) is 0. The first-order chi connectivity index (χ1) is 11.5. The van der Waals surface area contributed by atoms with Gasteiger partial charge in [0.2, 0.25) is 5.91 Å². The molecule has 0 bridgehead atoms. The van der Waals surface area contributed by atoms with Crippen LogP contribution < -0.4 is 5.32 Å². The number of benzene rings is 2. The molecule has 6 heteroatoms. The van der Waals surface area contributed by atoms with Crippen LogP contribution >= 0.6 is 15.9 Å². The number of carboxylic acids is 1. The topological polar surface area (TPSA) is 71.3 Å². The zero-order chi connectivity index (χ0) is 17.1. The van der Waals surface area contributed by atoms with Crippen molar-refractivity contribution in [3.63, 3.8) is 0 Å². The highest BCUT2D eigenvalue weighted by molar-refractivity contribution is 9.10. The lowest BCUT2D eigenvalue weighted by Crippen LogP contribution is -2.35. The zero-order valence-corrected chi connectivity index (χ0v) is 14.2. The summed E-state index contributed by atoms with van der Waals surface area (Å²) in [6.45, 7) is 0.0521. The fourth-order valence-corrected chi connectivity index (χ4v) is 2.94. The SMILES string of the molecule is O=C(Cn1ccc2ccc(Br)cc21)NC(C(=O)O)c1ccccc1. The third kappa shape index (κ3) is 3.49. The van der Waals surface area contributed by atoms with Gasteiger partial charge in [0, 0.05) is 16.2 Å². The molecule has 0 radical (unpaired) electrons. The van der Waals surface area contributed by atoms with Crippen LogP contribution in [0.1, 0.15) is 11.6 Å². The summed E-state index contributed by atoms with van der Waals surface area (Å²) in [6, 6.07) is 15.3. The van der Waals surface area contributed by atoms with Crippen molar-refractivity contribution < 1.29 is 14.7 Å². The quantitative estimate of drug-likeness (QED) is 0.706. The maximum Gasteiger partial charge on any atom is 0.330 e. The molecule has 1 heterocycles. The molecule has 1 aromatic heterocycles. The first-order valence-corrected chi connectivity index (χ1v) is 8.15. The summed E-state index contributed by atoms with van der Waals surface area (Å²) in [5.74, 6) is -1.45. The number of fused-ring (bicyclic) bond motifs is 1. The molecule has 0 aliphatic heterocycles. The van der Waals surface area contributed by atoms with Crippen LogP contribution in [0.25, 0.3) is 10.9 Å². The van der Waals surface area contributed by atoms with Gasteiger partial charge in [0.05, 0.1) is 0 Å². The van der Waals surface area contributed by atoms with E-state index in [0.717, 1.165) is 15.4 Å². The highest BCUT2D eigenvalue weighted by Crippen LogP contribution is 2.21. The molecule has 1 unspecified atom stereocenters. The third-order valence-electron chi connectivity index (χ3n) is 3.74. The van der Waals surface area contributed by atoms with E-state index in [9.17, 15) is 14.7 Å². The van der Waals surface area contributed by atoms with Crippen LogP contribution in [0.5, 0.6) is 0 Å². The zero-order valence-electron chi connectivity index (χ0n) is 12.6. The van der Waals surface area contributed by atoms with E-state index < -0.39 is 12.0 Å². The Labute approximate surface area is 147 Å². The molecule has 0 saturated carbocycles. The van der Waals surface area contributed by atoms with E-state index in [1.54, 1.807) is 34.9 Å². The van der Waals surface area contributed by atoms with Crippen molar-refractivity contribution in [2.45, 2.75) is 12.6 Å². The summed E-state index contributed by atoms with van der Waals surface area (Å²) in [4.78, 5) is 23.8. The second-order valence-corrected chi connectivity index (χ2v) is 6.31. The predicted molar refractivity (Wildman–Crippen MR) is 94.6 cm³/mol. The molecule has 1 atom stereocenters. The van der Waals surface area contributed by atoms with E-state index in [1.807, 2.05) is 30.5 Å². The molecule has 1 amide bonds. The molecule has 24 heavy (non-hydrogen) atoms. The highest BCUT2D eigenvalue weighted by Gasteiger charge is 2.22. The second kappa shape index (κ2) is 6.88. The Morgan fingerprint density at radius 1 is 1.12 bits per heavy atom. The maximum atomic E-state index is 12.3. The summed E-state index contributed by atoms with van der Waals surface area (Å²) >= 11 is 3.42. The van der Waals surface area contributed by atoms with Crippen LogP contribution in [0.15, 0.2) is 65.3 Å². The minimum absolute atomic E-state index is 0.0521. The fraction of sp³-hybridized carbons (Fsp3) is 0.111. The van der Waals surface area contributed by atoms with Crippen LogP contribution in [0.4, 0.5) is 0 Å². The van der Waals surface area contributed by atoms with Crippen LogP contribution in [-0.2, 0) is 16.1 Å². The Balaban J connectivity index is 1.78. The van der Waals surface area contributed by atoms with Gasteiger partial charge in [-0.1, -0.05) is 52.3 Å². The van der Waals surface area contributed by atoms with Gasteiger partial charge in [-0.3, -0.25) is 4.79 Å². The van der Waals surface area contributed by atoms with Crippen LogP contribution in [0, 0.1) is 0 Å². The number of aliphatic carboxylic acids is 1. The molecule has 0 fully saturated rings. The van der Waals surface area contributed by atoms with Gasteiger partial charge >= 0.3 is 5.97 Å². The Hall–Kier alpha value is -2.60. The molecule has 5 nitrogen and oxygen atoms in total. The number of nitrogens with zero attached hydrogens (tertiary/aromatic N) is 1. The van der Waals surface area contributed by atoms with E-state index in [0.29, 0.717) is 5.56 Å². The number of carboxylic acid groups (broad SMARTS) is 1. The van der Waals surface area contributed by atoms with Gasteiger partial charge in [-0.05, 0) is 29.1 Å². The lowest BCUT2D eigenvalue weighted by molar-refractivity contribution is -0.142. The smallest absolute Gasteiger partial charge is 0.330 e. The van der Waals surface area contributed by atoms with Crippen LogP contribution in [0.2, 0.25) is 0 Å². The van der Waals surface area contributed by atoms with E-state index in [4.69, 9.17) is 0 Å². The molecule has 0 spiro atoms. The van der Waals surface area contributed by atoms with Crippen molar-refractivity contribution >= 4 is 38.7 Å². The van der Waals surface area contributed by atoms with Gasteiger partial charge in [-0.15, -0.1) is 0 Å². The van der Waals surface area contributed by atoms with Gasteiger partial charge in [-0.2, -0.15) is 0 Å². The molecule has 3 aromatic rings. The Morgan fingerprint density at radius 2 is 1.88 bits per heavy atom. The van der Waals surface area contributed by atoms with E-state index in [2.05, 4.69) is 21.2 Å². The number of hydrogen-bond donors (Lipinski definition) is 2. The normalized spacial score (nSPS) is 12.0. The summed E-state index contributed by atoms with van der Waals surface area (Å²) in [5, 5.41) is 13.0. The standard InChI is InChI=1S/C18H15BrN2O3/c19-14-7-6-12-8-9-21(15(12)10-14)11-16(22)20-17(18(23)24)13-4-2-1-3-5-13/h1-10,17H,11H2,(H,20,22)(H,23,24). The third-order valence-corrected chi connectivity index (χ3v) is 4.23. The number of halogens is 1. The minimum atomic E-state index is -1.09. The Morgan fingerprint density at radius 3 is 2.58 bits per heavy atom. The number of nitrogens with one attached hydrogen (secondary N) is 1. The van der Waals surface area contributed by atoms with Crippen molar-refractivity contribution in [3.05, 3.63) is 70.8 Å². The van der Waals surface area contributed by atoms with Crippen molar-refractivity contribution in [1.82, 2.24) is 9.88 Å². The van der Waals surface area contributed by atoms with Gasteiger partial charge in [-0.25, -0.2) is 4.79 Å². The maximum absolute atomic E-state index is 12.3. The number of amides is 1. The van der Waals surface area contributed by atoms with Gasteiger partial charge in [0.25, 0.3) is 0 Å². The predicted octanol–water partition coefficient (Wildman–Crippen LogP) is 3.35. The van der Waals surface area contributed by atoms with Gasteiger partial charge in [0.1, 0.15) is 6.54 Å². The van der Waals surface area contributed by atoms with Crippen LogP contribution in [0.3, 0.4) is 0 Å².